The van der Waals surface area contributed by atoms with Crippen molar-refractivity contribution in [3.8, 4) is 17.1 Å². The lowest BCUT2D eigenvalue weighted by molar-refractivity contribution is 0.0696. The van der Waals surface area contributed by atoms with Crippen molar-refractivity contribution >= 4 is 23.4 Å². The Morgan fingerprint density at radius 1 is 1.10 bits per heavy atom. The molecule has 31 heavy (non-hydrogen) atoms. The number of aromatic carboxylic acids is 1. The van der Waals surface area contributed by atoms with E-state index in [0.717, 1.165) is 29.0 Å². The van der Waals surface area contributed by atoms with Gasteiger partial charge in [-0.3, -0.25) is 0 Å². The molecule has 1 aromatic heterocycles. The number of hydrogen-bond acceptors (Lipinski definition) is 7. The topological polar surface area (TPSA) is 97.2 Å². The van der Waals surface area contributed by atoms with Gasteiger partial charge < -0.3 is 15.2 Å². The summed E-state index contributed by atoms with van der Waals surface area (Å²) in [7, 11) is 0. The molecule has 2 N–H and O–H groups in total. The average molecular weight is 437 g/mol. The maximum atomic E-state index is 11.2. The molecule has 4 rings (SSSR count). The number of carboxylic acids is 1. The van der Waals surface area contributed by atoms with Crippen molar-refractivity contribution in [2.24, 2.45) is 0 Å². The highest BCUT2D eigenvalue weighted by Gasteiger charge is 2.26. The summed E-state index contributed by atoms with van der Waals surface area (Å²) in [6.45, 7) is 2.20. The minimum absolute atomic E-state index is 0.226. The van der Waals surface area contributed by atoms with Gasteiger partial charge in [0.05, 0.1) is 5.56 Å². The van der Waals surface area contributed by atoms with E-state index in [1.165, 1.54) is 19.3 Å². The van der Waals surface area contributed by atoms with Gasteiger partial charge in [0.1, 0.15) is 0 Å². The molecule has 0 unspecified atom stereocenters. The lowest BCUT2D eigenvalue weighted by atomic mass is 10.1. The fraction of sp³-hybridized carbons (Fsp3) is 0.304. The highest BCUT2D eigenvalue weighted by Crippen LogP contribution is 2.39. The third-order valence-corrected chi connectivity index (χ3v) is 5.95. The Morgan fingerprint density at radius 2 is 1.90 bits per heavy atom. The molecule has 0 radical (unpaired) electrons. The van der Waals surface area contributed by atoms with Gasteiger partial charge in [0, 0.05) is 22.6 Å². The van der Waals surface area contributed by atoms with Crippen molar-refractivity contribution in [3.05, 3.63) is 59.7 Å². The number of aromatic nitrogens is 3. The molecular formula is C23H24N4O3S. The Morgan fingerprint density at radius 3 is 2.68 bits per heavy atom. The van der Waals surface area contributed by atoms with Gasteiger partial charge in [0.2, 0.25) is 11.0 Å². The molecule has 0 spiro atoms. The van der Waals surface area contributed by atoms with Crippen LogP contribution in [0.25, 0.3) is 11.3 Å². The molecule has 2 aromatic carbocycles. The highest BCUT2D eigenvalue weighted by atomic mass is 32.2. The molecule has 160 valence electrons. The molecule has 1 aliphatic rings. The standard InChI is InChI=1S/C23H24N4O3S/c1-2-3-4-7-14-31-23-25-21-19(26-27-23)17-8-5-6-9-18(17)24-20(30-21)15-10-12-16(13-11-15)22(28)29/h5-6,8-13,20,24H,2-4,7,14H2,1H3,(H,28,29)/t20-/m1/s1. The summed E-state index contributed by atoms with van der Waals surface area (Å²) < 4.78 is 6.23. The molecule has 0 aliphatic carbocycles. The summed E-state index contributed by atoms with van der Waals surface area (Å²) in [6, 6.07) is 14.4. The van der Waals surface area contributed by atoms with E-state index in [0.29, 0.717) is 16.7 Å². The third kappa shape index (κ3) is 4.96. The van der Waals surface area contributed by atoms with E-state index in [4.69, 9.17) is 9.84 Å². The predicted octanol–water partition coefficient (Wildman–Crippen LogP) is 5.41. The van der Waals surface area contributed by atoms with Crippen LogP contribution >= 0.6 is 11.8 Å². The van der Waals surface area contributed by atoms with Crippen molar-refractivity contribution in [1.29, 1.82) is 0 Å². The van der Waals surface area contributed by atoms with Crippen molar-refractivity contribution in [2.45, 2.75) is 44.0 Å². The van der Waals surface area contributed by atoms with Gasteiger partial charge in [0.15, 0.2) is 11.9 Å². The number of carbonyl (C=O) groups is 1. The molecule has 7 nitrogen and oxygen atoms in total. The van der Waals surface area contributed by atoms with Crippen LogP contribution < -0.4 is 10.1 Å². The zero-order valence-corrected chi connectivity index (χ0v) is 18.1. The van der Waals surface area contributed by atoms with E-state index in [2.05, 4.69) is 27.4 Å². The summed E-state index contributed by atoms with van der Waals surface area (Å²) >= 11 is 1.58. The van der Waals surface area contributed by atoms with Crippen LogP contribution in [0.3, 0.4) is 0 Å². The molecule has 1 atom stereocenters. The quantitative estimate of drug-likeness (QED) is 0.357. The first-order chi connectivity index (χ1) is 15.2. The monoisotopic (exact) mass is 436 g/mol. The van der Waals surface area contributed by atoms with Crippen LogP contribution in [0.4, 0.5) is 5.69 Å². The van der Waals surface area contributed by atoms with Gasteiger partial charge in [-0.1, -0.05) is 68.3 Å². The molecule has 1 aliphatic heterocycles. The summed E-state index contributed by atoms with van der Waals surface area (Å²) in [5.74, 6) is 0.389. The SMILES string of the molecule is CCCCCCSc1nnc2c(n1)O[C@H](c1ccc(C(=O)O)cc1)Nc1ccccc1-2. The Balaban J connectivity index is 1.62. The van der Waals surface area contributed by atoms with Gasteiger partial charge in [-0.15, -0.1) is 10.2 Å². The number of thioether (sulfide) groups is 1. The number of carboxylic acid groups (broad SMARTS) is 1. The van der Waals surface area contributed by atoms with Crippen LogP contribution in [0, 0.1) is 0 Å². The maximum absolute atomic E-state index is 11.2. The van der Waals surface area contributed by atoms with Crippen LogP contribution in [-0.2, 0) is 0 Å². The van der Waals surface area contributed by atoms with E-state index in [1.54, 1.807) is 36.0 Å². The zero-order chi connectivity index (χ0) is 21.6. The van der Waals surface area contributed by atoms with Crippen molar-refractivity contribution in [1.82, 2.24) is 15.2 Å². The highest BCUT2D eigenvalue weighted by molar-refractivity contribution is 7.99. The van der Waals surface area contributed by atoms with Gasteiger partial charge in [-0.25, -0.2) is 4.79 Å². The van der Waals surface area contributed by atoms with Crippen LogP contribution in [0.5, 0.6) is 5.88 Å². The van der Waals surface area contributed by atoms with E-state index in [1.807, 2.05) is 24.3 Å². The van der Waals surface area contributed by atoms with Crippen LogP contribution in [0.15, 0.2) is 53.7 Å². The normalized spacial score (nSPS) is 14.5. The molecule has 0 saturated heterocycles. The van der Waals surface area contributed by atoms with Crippen LogP contribution in [-0.4, -0.2) is 32.0 Å². The second-order valence-corrected chi connectivity index (χ2v) is 8.33. The number of para-hydroxylation sites is 1. The first-order valence-corrected chi connectivity index (χ1v) is 11.4. The van der Waals surface area contributed by atoms with Crippen molar-refractivity contribution in [2.75, 3.05) is 11.1 Å². The number of ether oxygens (including phenoxy) is 1. The zero-order valence-electron chi connectivity index (χ0n) is 17.2. The molecule has 0 bridgehead atoms. The molecule has 0 saturated carbocycles. The summed E-state index contributed by atoms with van der Waals surface area (Å²) in [4.78, 5) is 15.8. The van der Waals surface area contributed by atoms with E-state index < -0.39 is 12.2 Å². The van der Waals surface area contributed by atoms with Crippen LogP contribution in [0.1, 0.15) is 54.8 Å². The summed E-state index contributed by atoms with van der Waals surface area (Å²) in [6.07, 6.45) is 4.21. The van der Waals surface area contributed by atoms with E-state index in [-0.39, 0.29) is 5.56 Å². The number of benzene rings is 2. The first kappa shape index (κ1) is 21.1. The predicted molar refractivity (Wildman–Crippen MR) is 121 cm³/mol. The third-order valence-electron chi connectivity index (χ3n) is 5.02. The largest absolute Gasteiger partial charge is 0.478 e. The fourth-order valence-electron chi connectivity index (χ4n) is 3.35. The Hall–Kier alpha value is -3.13. The number of anilines is 1. The fourth-order valence-corrected chi connectivity index (χ4v) is 4.13. The van der Waals surface area contributed by atoms with E-state index in [9.17, 15) is 4.79 Å². The number of rotatable bonds is 8. The van der Waals surface area contributed by atoms with E-state index >= 15 is 0 Å². The average Bonchev–Trinajstić information content (AvgIpc) is 2.95. The Kier molecular flexibility index (Phi) is 6.66. The molecule has 0 fully saturated rings. The van der Waals surface area contributed by atoms with Gasteiger partial charge in [-0.2, -0.15) is 4.98 Å². The number of hydrogen-bond donors (Lipinski definition) is 2. The minimum Gasteiger partial charge on any atom is -0.478 e. The number of nitrogens with one attached hydrogen (secondary N) is 1. The summed E-state index contributed by atoms with van der Waals surface area (Å²) in [5, 5.41) is 21.9. The summed E-state index contributed by atoms with van der Waals surface area (Å²) in [5.41, 5.74) is 3.32. The molecule has 2 heterocycles. The number of fused-ring (bicyclic) bond motifs is 3. The molecule has 8 heteroatoms. The number of nitrogens with zero attached hydrogens (tertiary/aromatic N) is 3. The smallest absolute Gasteiger partial charge is 0.335 e. The lowest BCUT2D eigenvalue weighted by Gasteiger charge is -2.19. The van der Waals surface area contributed by atoms with Gasteiger partial charge in [0.25, 0.3) is 0 Å². The number of unbranched alkanes of at least 4 members (excludes halogenated alkanes) is 3. The second-order valence-electron chi connectivity index (χ2n) is 7.27. The lowest BCUT2D eigenvalue weighted by Crippen LogP contribution is -2.17. The van der Waals surface area contributed by atoms with Crippen LogP contribution in [0.2, 0.25) is 0 Å². The Labute approximate surface area is 185 Å². The molecule has 3 aromatic rings. The Bertz CT molecular complexity index is 1060. The molecule has 0 amide bonds. The van der Waals surface area contributed by atoms with Crippen molar-refractivity contribution in [3.63, 3.8) is 0 Å². The van der Waals surface area contributed by atoms with Gasteiger partial charge in [-0.05, 0) is 24.6 Å². The second kappa shape index (κ2) is 9.78. The minimum atomic E-state index is -0.963. The molecular weight excluding hydrogens is 412 g/mol. The van der Waals surface area contributed by atoms with Crippen molar-refractivity contribution < 1.29 is 14.6 Å². The van der Waals surface area contributed by atoms with Gasteiger partial charge >= 0.3 is 5.97 Å². The maximum Gasteiger partial charge on any atom is 0.335 e. The first-order valence-electron chi connectivity index (χ1n) is 10.4.